The topological polar surface area (TPSA) is 101 Å². The van der Waals surface area contributed by atoms with Crippen molar-refractivity contribution in [3.05, 3.63) is 34.4 Å². The fourth-order valence-corrected chi connectivity index (χ4v) is 3.22. The van der Waals surface area contributed by atoms with Gasteiger partial charge in [-0.2, -0.15) is 5.10 Å². The van der Waals surface area contributed by atoms with E-state index in [-0.39, 0.29) is 26.4 Å². The maximum Gasteiger partial charge on any atom is 0.230 e. The monoisotopic (exact) mass is 369 g/mol. The molecule has 21 heavy (non-hydrogen) atoms. The zero-order chi connectivity index (χ0) is 15.8. The Morgan fingerprint density at radius 2 is 2.00 bits per heavy atom. The number of hydrogen-bond donors (Lipinski definition) is 2. The Morgan fingerprint density at radius 3 is 2.57 bits per heavy atom. The molecule has 0 saturated heterocycles. The van der Waals surface area contributed by atoms with Crippen molar-refractivity contribution < 1.29 is 17.2 Å². The van der Waals surface area contributed by atoms with Crippen molar-refractivity contribution >= 4 is 50.1 Å². The number of aromatic nitrogens is 2. The Bertz CT molecular complexity index is 820. The SMILES string of the molecule is CS(=O)(=O)Nc1ccnn1-c1cc(Cl)c(S(=O)O)cc1Cl. The molecule has 1 unspecified atom stereocenters. The first kappa shape index (κ1) is 16.2. The second-order valence-electron chi connectivity index (χ2n) is 3.99. The highest BCUT2D eigenvalue weighted by Gasteiger charge is 2.16. The van der Waals surface area contributed by atoms with Crippen molar-refractivity contribution in [3.63, 3.8) is 0 Å². The van der Waals surface area contributed by atoms with E-state index in [2.05, 4.69) is 9.82 Å². The number of rotatable bonds is 4. The Balaban J connectivity index is 2.56. The third kappa shape index (κ3) is 3.74. The highest BCUT2D eigenvalue weighted by molar-refractivity contribution is 7.92. The van der Waals surface area contributed by atoms with Gasteiger partial charge in [0, 0.05) is 6.07 Å². The maximum absolute atomic E-state index is 11.3. The van der Waals surface area contributed by atoms with Crippen LogP contribution in [-0.2, 0) is 21.1 Å². The minimum Gasteiger partial charge on any atom is -0.302 e. The summed E-state index contributed by atoms with van der Waals surface area (Å²) >= 11 is 9.66. The fourth-order valence-electron chi connectivity index (χ4n) is 1.58. The number of sulfonamides is 1. The summed E-state index contributed by atoms with van der Waals surface area (Å²) < 4.78 is 46.2. The van der Waals surface area contributed by atoms with Crippen LogP contribution in [0.2, 0.25) is 10.0 Å². The van der Waals surface area contributed by atoms with E-state index in [9.17, 15) is 12.6 Å². The van der Waals surface area contributed by atoms with Gasteiger partial charge in [-0.05, 0) is 12.1 Å². The van der Waals surface area contributed by atoms with Crippen molar-refractivity contribution in [2.75, 3.05) is 11.0 Å². The maximum atomic E-state index is 11.3. The molecule has 0 bridgehead atoms. The Kier molecular flexibility index (Phi) is 4.59. The number of halogens is 2. The lowest BCUT2D eigenvalue weighted by molar-refractivity contribution is 0.564. The molecule has 0 aliphatic heterocycles. The number of benzene rings is 1. The normalized spacial score (nSPS) is 13.1. The molecule has 0 saturated carbocycles. The van der Waals surface area contributed by atoms with Crippen LogP contribution < -0.4 is 4.72 Å². The van der Waals surface area contributed by atoms with E-state index < -0.39 is 21.1 Å². The van der Waals surface area contributed by atoms with Gasteiger partial charge in [0.05, 0.1) is 33.1 Å². The highest BCUT2D eigenvalue weighted by atomic mass is 35.5. The molecule has 0 aliphatic rings. The molecule has 0 spiro atoms. The number of hydrogen-bond acceptors (Lipinski definition) is 4. The molecule has 0 fully saturated rings. The quantitative estimate of drug-likeness (QED) is 0.803. The van der Waals surface area contributed by atoms with E-state index in [1.54, 1.807) is 0 Å². The molecule has 11 heteroatoms. The van der Waals surface area contributed by atoms with Crippen LogP contribution in [0.4, 0.5) is 5.82 Å². The minimum atomic E-state index is -3.50. The van der Waals surface area contributed by atoms with Gasteiger partial charge < -0.3 is 4.55 Å². The molecule has 2 N–H and O–H groups in total. The van der Waals surface area contributed by atoms with Crippen LogP contribution in [0.15, 0.2) is 29.3 Å². The molecule has 1 heterocycles. The molecule has 1 aromatic heterocycles. The number of nitrogens with one attached hydrogen (secondary N) is 1. The average molecular weight is 370 g/mol. The van der Waals surface area contributed by atoms with Gasteiger partial charge in [0.15, 0.2) is 11.1 Å². The van der Waals surface area contributed by atoms with Crippen molar-refractivity contribution in [2.45, 2.75) is 4.90 Å². The molecule has 114 valence electrons. The van der Waals surface area contributed by atoms with Gasteiger partial charge in [-0.1, -0.05) is 23.2 Å². The van der Waals surface area contributed by atoms with Crippen LogP contribution in [0.1, 0.15) is 0 Å². The van der Waals surface area contributed by atoms with E-state index in [4.69, 9.17) is 27.8 Å². The standard InChI is InChI=1S/C10H9Cl2N3O4S2/c1-21(18,19)14-10-2-3-13-15(10)8-4-7(12)9(20(16)17)5-6(8)11/h2-5,14H,1H3,(H,16,17). The predicted molar refractivity (Wildman–Crippen MR) is 81.1 cm³/mol. The van der Waals surface area contributed by atoms with Crippen LogP contribution in [-0.4, -0.2) is 33.2 Å². The van der Waals surface area contributed by atoms with Crippen molar-refractivity contribution in [1.82, 2.24) is 9.78 Å². The van der Waals surface area contributed by atoms with E-state index in [1.165, 1.54) is 29.1 Å². The second-order valence-corrected chi connectivity index (χ2v) is 7.49. The minimum absolute atomic E-state index is 0.0102. The summed E-state index contributed by atoms with van der Waals surface area (Å²) in [7, 11) is -3.50. The van der Waals surface area contributed by atoms with Crippen LogP contribution >= 0.6 is 23.2 Å². The summed E-state index contributed by atoms with van der Waals surface area (Å²) in [5.74, 6) is 0.160. The van der Waals surface area contributed by atoms with Crippen LogP contribution in [0, 0.1) is 0 Å². The van der Waals surface area contributed by atoms with Gasteiger partial charge >= 0.3 is 0 Å². The van der Waals surface area contributed by atoms with Crippen molar-refractivity contribution in [1.29, 1.82) is 0 Å². The Labute approximate surface area is 133 Å². The smallest absolute Gasteiger partial charge is 0.230 e. The third-order valence-corrected chi connectivity index (χ3v) is 4.37. The van der Waals surface area contributed by atoms with Crippen molar-refractivity contribution in [3.8, 4) is 5.69 Å². The Morgan fingerprint density at radius 1 is 1.33 bits per heavy atom. The lowest BCUT2D eigenvalue weighted by Crippen LogP contribution is -2.13. The average Bonchev–Trinajstić information content (AvgIpc) is 2.76. The summed E-state index contributed by atoms with van der Waals surface area (Å²) in [5, 5.41) is 4.06. The molecular formula is C10H9Cl2N3O4S2. The van der Waals surface area contributed by atoms with E-state index in [0.29, 0.717) is 0 Å². The van der Waals surface area contributed by atoms with E-state index in [1.807, 2.05) is 0 Å². The second kappa shape index (κ2) is 5.93. The lowest BCUT2D eigenvalue weighted by atomic mass is 10.3. The molecule has 7 nitrogen and oxygen atoms in total. The zero-order valence-corrected chi connectivity index (χ0v) is 13.6. The first-order valence-electron chi connectivity index (χ1n) is 5.31. The molecule has 1 atom stereocenters. The summed E-state index contributed by atoms with van der Waals surface area (Å²) in [5.41, 5.74) is 0.270. The zero-order valence-electron chi connectivity index (χ0n) is 10.4. The summed E-state index contributed by atoms with van der Waals surface area (Å²) in [4.78, 5) is -0.0461. The Hall–Kier alpha value is -1.13. The molecule has 2 rings (SSSR count). The molecule has 0 aliphatic carbocycles. The van der Waals surface area contributed by atoms with Gasteiger partial charge in [-0.3, -0.25) is 4.72 Å². The van der Waals surface area contributed by atoms with Gasteiger partial charge in [-0.15, -0.1) is 0 Å². The molecule has 0 radical (unpaired) electrons. The number of anilines is 1. The molecule has 1 aromatic carbocycles. The van der Waals surface area contributed by atoms with Crippen LogP contribution in [0.3, 0.4) is 0 Å². The lowest BCUT2D eigenvalue weighted by Gasteiger charge is -2.11. The van der Waals surface area contributed by atoms with Crippen LogP contribution in [0.25, 0.3) is 5.69 Å². The number of nitrogens with zero attached hydrogens (tertiary/aromatic N) is 2. The van der Waals surface area contributed by atoms with Gasteiger partial charge in [0.1, 0.15) is 5.82 Å². The van der Waals surface area contributed by atoms with Crippen molar-refractivity contribution in [2.24, 2.45) is 0 Å². The molecule has 2 aromatic rings. The highest BCUT2D eigenvalue weighted by Crippen LogP contribution is 2.31. The fraction of sp³-hybridized carbons (Fsp3) is 0.100. The van der Waals surface area contributed by atoms with Gasteiger partial charge in [0.2, 0.25) is 10.0 Å². The summed E-state index contributed by atoms with van der Waals surface area (Å²) in [6, 6.07) is 3.98. The summed E-state index contributed by atoms with van der Waals surface area (Å²) in [6.45, 7) is 0. The third-order valence-electron chi connectivity index (χ3n) is 2.35. The largest absolute Gasteiger partial charge is 0.302 e. The first-order chi connectivity index (χ1) is 9.69. The van der Waals surface area contributed by atoms with Crippen LogP contribution in [0.5, 0.6) is 0 Å². The van der Waals surface area contributed by atoms with E-state index >= 15 is 0 Å². The first-order valence-corrected chi connectivity index (χ1v) is 9.06. The van der Waals surface area contributed by atoms with Gasteiger partial charge in [0.25, 0.3) is 0 Å². The molecule has 0 amide bonds. The van der Waals surface area contributed by atoms with Gasteiger partial charge in [-0.25, -0.2) is 17.3 Å². The predicted octanol–water partition coefficient (Wildman–Crippen LogP) is 2.13. The summed E-state index contributed by atoms with van der Waals surface area (Å²) in [6.07, 6.45) is 2.37. The van der Waals surface area contributed by atoms with E-state index in [0.717, 1.165) is 6.26 Å². The molecular weight excluding hydrogens is 361 g/mol.